The molecule has 0 aliphatic rings. The van der Waals surface area contributed by atoms with Crippen LogP contribution in [0.1, 0.15) is 5.56 Å². The molecule has 2 N–H and O–H groups in total. The van der Waals surface area contributed by atoms with Crippen LogP contribution < -0.4 is 9.32 Å². The summed E-state index contributed by atoms with van der Waals surface area (Å²) in [5.74, 6) is 0.486. The van der Waals surface area contributed by atoms with Crippen LogP contribution in [-0.2, 0) is 11.3 Å². The predicted molar refractivity (Wildman–Crippen MR) is 49.1 cm³/mol. The molecular weight excluding hydrogens is 198 g/mol. The molecular formula is C7H8ClNO2S. The van der Waals surface area contributed by atoms with E-state index in [1.807, 2.05) is 0 Å². The Morgan fingerprint density at radius 1 is 1.58 bits per heavy atom. The third kappa shape index (κ3) is 2.48. The van der Waals surface area contributed by atoms with E-state index in [-0.39, 0.29) is 0 Å². The first-order valence-corrected chi connectivity index (χ1v) is 4.72. The maximum Gasteiger partial charge on any atom is 0.285 e. The molecule has 0 radical (unpaired) electrons. The van der Waals surface area contributed by atoms with E-state index >= 15 is 0 Å². The van der Waals surface area contributed by atoms with E-state index in [9.17, 15) is 4.21 Å². The van der Waals surface area contributed by atoms with Crippen molar-refractivity contribution in [1.82, 2.24) is 0 Å². The number of nitrogens with two attached hydrogens (primary N) is 1. The largest absolute Gasteiger partial charge is 0.389 e. The Kier molecular flexibility index (Phi) is 3.08. The van der Waals surface area contributed by atoms with Crippen molar-refractivity contribution in [2.45, 2.75) is 6.92 Å². The zero-order chi connectivity index (χ0) is 9.14. The Hall–Kier alpha value is -0.580. The molecule has 5 heteroatoms. The molecule has 0 aliphatic carbocycles. The average molecular weight is 206 g/mol. The molecule has 0 fully saturated rings. The lowest BCUT2D eigenvalue weighted by Crippen LogP contribution is -2.10. The fraction of sp³-hybridized carbons (Fsp3) is 0.143. The highest BCUT2D eigenvalue weighted by atomic mass is 35.5. The molecule has 0 saturated carbocycles. The van der Waals surface area contributed by atoms with E-state index in [0.29, 0.717) is 10.8 Å². The Balaban J connectivity index is 2.93. The Labute approximate surface area is 78.3 Å². The van der Waals surface area contributed by atoms with Gasteiger partial charge in [0, 0.05) is 5.02 Å². The van der Waals surface area contributed by atoms with Crippen LogP contribution in [0.4, 0.5) is 0 Å². The van der Waals surface area contributed by atoms with Crippen molar-refractivity contribution in [3.05, 3.63) is 28.8 Å². The maximum atomic E-state index is 10.5. The fourth-order valence-corrected chi connectivity index (χ4v) is 1.39. The van der Waals surface area contributed by atoms with Crippen molar-refractivity contribution in [2.75, 3.05) is 0 Å². The molecule has 0 aliphatic heterocycles. The Morgan fingerprint density at radius 3 is 2.75 bits per heavy atom. The number of hydrogen-bond donors (Lipinski definition) is 1. The molecule has 0 spiro atoms. The normalized spacial score (nSPS) is 12.6. The number of rotatable bonds is 2. The smallest absolute Gasteiger partial charge is 0.285 e. The molecule has 0 saturated heterocycles. The second-order valence-electron chi connectivity index (χ2n) is 2.25. The topological polar surface area (TPSA) is 52.3 Å². The van der Waals surface area contributed by atoms with Crippen LogP contribution in [-0.4, -0.2) is 4.21 Å². The van der Waals surface area contributed by atoms with Crippen LogP contribution in [0, 0.1) is 6.92 Å². The summed E-state index contributed by atoms with van der Waals surface area (Å²) in [6, 6.07) is 4.99. The summed E-state index contributed by atoms with van der Waals surface area (Å²) < 4.78 is 15.3. The fourth-order valence-electron chi connectivity index (χ4n) is 0.795. The quantitative estimate of drug-likeness (QED) is 0.797. The minimum absolute atomic E-state index is 0.486. The summed E-state index contributed by atoms with van der Waals surface area (Å²) in [7, 11) is 0. The Morgan fingerprint density at radius 2 is 2.25 bits per heavy atom. The second-order valence-corrected chi connectivity index (χ2v) is 3.38. The summed E-state index contributed by atoms with van der Waals surface area (Å²) in [6.07, 6.45) is 0. The summed E-state index contributed by atoms with van der Waals surface area (Å²) in [5, 5.41) is 5.56. The molecule has 1 aromatic carbocycles. The standard InChI is InChI=1S/C7H8ClNO2S/c1-5-4-6(8)2-3-7(5)11-12(9)10/h2-4H,9H2,1H3. The molecule has 1 aromatic rings. The van der Waals surface area contributed by atoms with Crippen LogP contribution in [0.25, 0.3) is 0 Å². The first kappa shape index (κ1) is 9.51. The van der Waals surface area contributed by atoms with E-state index in [1.165, 1.54) is 0 Å². The molecule has 0 heterocycles. The van der Waals surface area contributed by atoms with Crippen LogP contribution >= 0.6 is 11.6 Å². The highest BCUT2D eigenvalue weighted by Crippen LogP contribution is 2.21. The lowest BCUT2D eigenvalue weighted by molar-refractivity contribution is 0.560. The molecule has 0 aromatic heterocycles. The molecule has 3 nitrogen and oxygen atoms in total. The van der Waals surface area contributed by atoms with E-state index in [0.717, 1.165) is 5.56 Å². The first-order chi connectivity index (χ1) is 5.59. The summed E-state index contributed by atoms with van der Waals surface area (Å²) >= 11 is 3.91. The van der Waals surface area contributed by atoms with Crippen molar-refractivity contribution in [3.8, 4) is 5.75 Å². The van der Waals surface area contributed by atoms with Gasteiger partial charge in [0.2, 0.25) is 0 Å². The lowest BCUT2D eigenvalue weighted by Gasteiger charge is -2.03. The van der Waals surface area contributed by atoms with Gasteiger partial charge in [-0.3, -0.25) is 0 Å². The monoisotopic (exact) mass is 205 g/mol. The number of aryl methyl sites for hydroxylation is 1. The minimum atomic E-state index is -1.78. The van der Waals surface area contributed by atoms with Crippen LogP contribution in [0.5, 0.6) is 5.75 Å². The molecule has 0 amide bonds. The number of benzene rings is 1. The van der Waals surface area contributed by atoms with Gasteiger partial charge < -0.3 is 4.18 Å². The van der Waals surface area contributed by atoms with Gasteiger partial charge in [0.05, 0.1) is 0 Å². The molecule has 66 valence electrons. The van der Waals surface area contributed by atoms with E-state index in [4.69, 9.17) is 20.9 Å². The van der Waals surface area contributed by atoms with E-state index in [1.54, 1.807) is 25.1 Å². The van der Waals surface area contributed by atoms with Gasteiger partial charge >= 0.3 is 0 Å². The highest BCUT2D eigenvalue weighted by Gasteiger charge is 2.01. The van der Waals surface area contributed by atoms with Gasteiger partial charge in [0.25, 0.3) is 11.3 Å². The van der Waals surface area contributed by atoms with Gasteiger partial charge in [0.1, 0.15) is 5.75 Å². The number of halogens is 1. The summed E-state index contributed by atoms with van der Waals surface area (Å²) in [6.45, 7) is 1.80. The van der Waals surface area contributed by atoms with E-state index < -0.39 is 11.3 Å². The molecule has 12 heavy (non-hydrogen) atoms. The average Bonchev–Trinajstić information content (AvgIpc) is 1.94. The van der Waals surface area contributed by atoms with Crippen LogP contribution in [0.3, 0.4) is 0 Å². The van der Waals surface area contributed by atoms with Gasteiger partial charge in [-0.05, 0) is 30.7 Å². The van der Waals surface area contributed by atoms with Crippen molar-refractivity contribution < 1.29 is 8.39 Å². The predicted octanol–water partition coefficient (Wildman–Crippen LogP) is 1.56. The van der Waals surface area contributed by atoms with Crippen LogP contribution in [0.2, 0.25) is 5.02 Å². The molecule has 0 bridgehead atoms. The zero-order valence-corrected chi connectivity index (χ0v) is 7.98. The molecule has 1 atom stereocenters. The van der Waals surface area contributed by atoms with Gasteiger partial charge in [-0.2, -0.15) is 4.21 Å². The SMILES string of the molecule is Cc1cc(Cl)ccc1OS(N)=O. The van der Waals surface area contributed by atoms with Crippen molar-refractivity contribution in [2.24, 2.45) is 5.14 Å². The van der Waals surface area contributed by atoms with Crippen LogP contribution in [0.15, 0.2) is 18.2 Å². The van der Waals surface area contributed by atoms with Gasteiger partial charge in [-0.25, -0.2) is 5.14 Å². The maximum absolute atomic E-state index is 10.5. The van der Waals surface area contributed by atoms with Crippen molar-refractivity contribution in [1.29, 1.82) is 0 Å². The van der Waals surface area contributed by atoms with Gasteiger partial charge in [-0.15, -0.1) is 0 Å². The van der Waals surface area contributed by atoms with Gasteiger partial charge in [0.15, 0.2) is 0 Å². The van der Waals surface area contributed by atoms with Crippen molar-refractivity contribution in [3.63, 3.8) is 0 Å². The van der Waals surface area contributed by atoms with E-state index in [2.05, 4.69) is 0 Å². The zero-order valence-electron chi connectivity index (χ0n) is 6.41. The third-order valence-electron chi connectivity index (χ3n) is 1.31. The lowest BCUT2D eigenvalue weighted by atomic mass is 10.2. The molecule has 1 unspecified atom stereocenters. The minimum Gasteiger partial charge on any atom is -0.389 e. The highest BCUT2D eigenvalue weighted by molar-refractivity contribution is 7.78. The molecule has 1 rings (SSSR count). The van der Waals surface area contributed by atoms with Crippen molar-refractivity contribution >= 4 is 22.9 Å². The first-order valence-electron chi connectivity index (χ1n) is 3.20. The Bertz CT molecular complexity index is 316. The summed E-state index contributed by atoms with van der Waals surface area (Å²) in [4.78, 5) is 0. The second kappa shape index (κ2) is 3.89. The van der Waals surface area contributed by atoms with Gasteiger partial charge in [-0.1, -0.05) is 11.6 Å². The third-order valence-corrected chi connectivity index (χ3v) is 1.89. The number of hydrogen-bond acceptors (Lipinski definition) is 2. The summed E-state index contributed by atoms with van der Waals surface area (Å²) in [5.41, 5.74) is 0.807.